The normalized spacial score (nSPS) is 12.0. The van der Waals surface area contributed by atoms with Crippen molar-refractivity contribution in [3.05, 3.63) is 47.0 Å². The molecule has 0 aliphatic carbocycles. The zero-order valence-electron chi connectivity index (χ0n) is 20.8. The highest BCUT2D eigenvalue weighted by Crippen LogP contribution is 2.32. The number of aliphatic hydroxyl groups is 2. The third kappa shape index (κ3) is 6.80. The van der Waals surface area contributed by atoms with Crippen molar-refractivity contribution in [2.75, 3.05) is 19.8 Å². The van der Waals surface area contributed by atoms with E-state index in [-0.39, 0.29) is 19.3 Å². The standard InChI is InChI=1S/C26H33N3O6/c1-6-18-11-20(10-17(5)24(18)33-14-21(31)12-27-23(32)13-30)25-28-26(35-29-25)19-7-8-22(16(4)9-19)34-15(2)3/h7-11,15,21,30-31H,6,12-14H2,1-5H3,(H,27,32)/t21-/m0/s1. The minimum Gasteiger partial charge on any atom is -0.491 e. The van der Waals surface area contributed by atoms with E-state index in [0.29, 0.717) is 23.9 Å². The summed E-state index contributed by atoms with van der Waals surface area (Å²) < 4.78 is 17.2. The summed E-state index contributed by atoms with van der Waals surface area (Å²) in [6.07, 6.45) is -0.120. The average molecular weight is 484 g/mol. The molecule has 3 N–H and O–H groups in total. The highest BCUT2D eigenvalue weighted by molar-refractivity contribution is 5.76. The number of nitrogens with one attached hydrogen (secondary N) is 1. The minimum absolute atomic E-state index is 0.00111. The van der Waals surface area contributed by atoms with Crippen LogP contribution in [0.15, 0.2) is 34.9 Å². The maximum Gasteiger partial charge on any atom is 0.258 e. The topological polar surface area (TPSA) is 127 Å². The number of amides is 1. The van der Waals surface area contributed by atoms with Crippen LogP contribution in [0, 0.1) is 13.8 Å². The molecular weight excluding hydrogens is 450 g/mol. The van der Waals surface area contributed by atoms with Crippen LogP contribution in [0.2, 0.25) is 0 Å². The van der Waals surface area contributed by atoms with Crippen LogP contribution in [0.1, 0.15) is 37.5 Å². The highest BCUT2D eigenvalue weighted by atomic mass is 16.5. The van der Waals surface area contributed by atoms with Gasteiger partial charge in [-0.1, -0.05) is 12.1 Å². The lowest BCUT2D eigenvalue weighted by atomic mass is 10.0. The monoisotopic (exact) mass is 483 g/mol. The zero-order valence-corrected chi connectivity index (χ0v) is 20.8. The lowest BCUT2D eigenvalue weighted by Crippen LogP contribution is -2.36. The Morgan fingerprint density at radius 3 is 2.54 bits per heavy atom. The van der Waals surface area contributed by atoms with Crippen LogP contribution >= 0.6 is 0 Å². The number of aliphatic hydroxyl groups excluding tert-OH is 2. The summed E-state index contributed by atoms with van der Waals surface area (Å²) in [5.41, 5.74) is 4.40. The van der Waals surface area contributed by atoms with Gasteiger partial charge in [-0.15, -0.1) is 0 Å². The molecule has 0 bridgehead atoms. The first-order valence-electron chi connectivity index (χ1n) is 11.7. The molecule has 1 aromatic heterocycles. The van der Waals surface area contributed by atoms with Crippen molar-refractivity contribution in [3.63, 3.8) is 0 Å². The van der Waals surface area contributed by atoms with Gasteiger partial charge in [-0.05, 0) is 81.1 Å². The van der Waals surface area contributed by atoms with Gasteiger partial charge in [0.05, 0.1) is 6.10 Å². The van der Waals surface area contributed by atoms with Gasteiger partial charge in [-0.25, -0.2) is 0 Å². The zero-order chi connectivity index (χ0) is 25.5. The van der Waals surface area contributed by atoms with Gasteiger partial charge in [-0.3, -0.25) is 4.79 Å². The molecule has 0 fully saturated rings. The molecule has 1 amide bonds. The molecule has 9 heteroatoms. The molecule has 0 radical (unpaired) electrons. The van der Waals surface area contributed by atoms with E-state index in [4.69, 9.17) is 19.1 Å². The Morgan fingerprint density at radius 1 is 1.14 bits per heavy atom. The molecule has 188 valence electrons. The Labute approximate surface area is 205 Å². The lowest BCUT2D eigenvalue weighted by Gasteiger charge is -2.17. The average Bonchev–Trinajstić information content (AvgIpc) is 3.32. The van der Waals surface area contributed by atoms with E-state index in [0.717, 1.165) is 33.6 Å². The minimum atomic E-state index is -0.908. The molecule has 0 aliphatic heterocycles. The van der Waals surface area contributed by atoms with Gasteiger partial charge in [0.2, 0.25) is 11.7 Å². The summed E-state index contributed by atoms with van der Waals surface area (Å²) in [4.78, 5) is 15.7. The van der Waals surface area contributed by atoms with E-state index < -0.39 is 18.6 Å². The van der Waals surface area contributed by atoms with Crippen LogP contribution in [0.5, 0.6) is 11.5 Å². The maximum atomic E-state index is 11.1. The summed E-state index contributed by atoms with van der Waals surface area (Å²) in [7, 11) is 0. The quantitative estimate of drug-likeness (QED) is 0.379. The van der Waals surface area contributed by atoms with E-state index in [1.54, 1.807) is 0 Å². The molecule has 0 saturated heterocycles. The summed E-state index contributed by atoms with van der Waals surface area (Å²) in [6, 6.07) is 9.62. The fourth-order valence-corrected chi connectivity index (χ4v) is 3.60. The Hall–Kier alpha value is -3.43. The predicted octanol–water partition coefficient (Wildman–Crippen LogP) is 3.22. The SMILES string of the molecule is CCc1cc(-c2noc(-c3ccc(OC(C)C)c(C)c3)n2)cc(C)c1OC[C@@H](O)CNC(=O)CO. The number of nitrogens with zero attached hydrogens (tertiary/aromatic N) is 2. The fraction of sp³-hybridized carbons (Fsp3) is 0.423. The molecule has 3 rings (SSSR count). The molecular formula is C26H33N3O6. The van der Waals surface area contributed by atoms with Crippen LogP contribution in [0.3, 0.4) is 0 Å². The first-order valence-corrected chi connectivity index (χ1v) is 11.7. The largest absolute Gasteiger partial charge is 0.491 e. The van der Waals surface area contributed by atoms with E-state index in [1.165, 1.54) is 0 Å². The number of carbonyl (C=O) groups excluding carboxylic acids is 1. The van der Waals surface area contributed by atoms with Gasteiger partial charge in [0.15, 0.2) is 0 Å². The smallest absolute Gasteiger partial charge is 0.258 e. The van der Waals surface area contributed by atoms with Crippen molar-refractivity contribution in [1.29, 1.82) is 0 Å². The van der Waals surface area contributed by atoms with E-state index in [9.17, 15) is 9.90 Å². The summed E-state index contributed by atoms with van der Waals surface area (Å²) in [5.74, 6) is 1.83. The second-order valence-electron chi connectivity index (χ2n) is 8.63. The number of aromatic nitrogens is 2. The van der Waals surface area contributed by atoms with Crippen LogP contribution in [-0.4, -0.2) is 58.2 Å². The third-order valence-electron chi connectivity index (χ3n) is 5.30. The molecule has 0 spiro atoms. The molecule has 1 atom stereocenters. The van der Waals surface area contributed by atoms with Crippen molar-refractivity contribution < 1.29 is 29.0 Å². The lowest BCUT2D eigenvalue weighted by molar-refractivity contribution is -0.124. The van der Waals surface area contributed by atoms with Gasteiger partial charge < -0.3 is 29.5 Å². The van der Waals surface area contributed by atoms with Gasteiger partial charge in [0.25, 0.3) is 5.89 Å². The molecule has 0 aliphatic rings. The predicted molar refractivity (Wildman–Crippen MR) is 131 cm³/mol. The third-order valence-corrected chi connectivity index (χ3v) is 5.30. The highest BCUT2D eigenvalue weighted by Gasteiger charge is 2.17. The van der Waals surface area contributed by atoms with Crippen molar-refractivity contribution >= 4 is 5.91 Å². The second kappa shape index (κ2) is 11.8. The fourth-order valence-electron chi connectivity index (χ4n) is 3.60. The summed E-state index contributed by atoms with van der Waals surface area (Å²) in [6.45, 7) is 9.25. The van der Waals surface area contributed by atoms with Gasteiger partial charge in [-0.2, -0.15) is 4.98 Å². The van der Waals surface area contributed by atoms with Gasteiger partial charge in [0, 0.05) is 17.7 Å². The molecule has 0 saturated carbocycles. The van der Waals surface area contributed by atoms with Crippen molar-refractivity contribution in [2.45, 2.75) is 53.2 Å². The number of carbonyl (C=O) groups is 1. The van der Waals surface area contributed by atoms with E-state index in [1.807, 2.05) is 65.0 Å². The first kappa shape index (κ1) is 26.2. The number of hydrogen-bond acceptors (Lipinski definition) is 8. The number of benzene rings is 2. The van der Waals surface area contributed by atoms with Crippen molar-refractivity contribution in [3.8, 4) is 34.3 Å². The van der Waals surface area contributed by atoms with E-state index >= 15 is 0 Å². The number of ether oxygens (including phenoxy) is 2. The molecule has 0 unspecified atom stereocenters. The number of rotatable bonds is 11. The van der Waals surface area contributed by atoms with E-state index in [2.05, 4.69) is 15.5 Å². The number of hydrogen-bond donors (Lipinski definition) is 3. The Kier molecular flexibility index (Phi) is 8.84. The van der Waals surface area contributed by atoms with Crippen LogP contribution in [-0.2, 0) is 11.2 Å². The van der Waals surface area contributed by atoms with Crippen molar-refractivity contribution in [2.24, 2.45) is 0 Å². The molecule has 1 heterocycles. The number of aryl methyl sites for hydroxylation is 3. The Morgan fingerprint density at radius 2 is 1.89 bits per heavy atom. The van der Waals surface area contributed by atoms with Crippen LogP contribution < -0.4 is 14.8 Å². The molecule has 9 nitrogen and oxygen atoms in total. The van der Waals surface area contributed by atoms with Gasteiger partial charge in [0.1, 0.15) is 30.8 Å². The van der Waals surface area contributed by atoms with Crippen LogP contribution in [0.4, 0.5) is 0 Å². The second-order valence-corrected chi connectivity index (χ2v) is 8.63. The molecule has 3 aromatic rings. The summed E-state index contributed by atoms with van der Waals surface area (Å²) in [5, 5.41) is 25.4. The van der Waals surface area contributed by atoms with Gasteiger partial charge >= 0.3 is 0 Å². The van der Waals surface area contributed by atoms with Crippen molar-refractivity contribution in [1.82, 2.24) is 15.5 Å². The first-order chi connectivity index (χ1) is 16.7. The molecule has 35 heavy (non-hydrogen) atoms. The molecule has 2 aromatic carbocycles. The maximum absolute atomic E-state index is 11.1. The van der Waals surface area contributed by atoms with Crippen LogP contribution in [0.25, 0.3) is 22.8 Å². The Bertz CT molecular complexity index is 1160. The summed E-state index contributed by atoms with van der Waals surface area (Å²) >= 11 is 0. The Balaban J connectivity index is 1.76.